The summed E-state index contributed by atoms with van der Waals surface area (Å²) in [5.74, 6) is 2.53. The maximum atomic E-state index is 6.24. The predicted octanol–water partition coefficient (Wildman–Crippen LogP) is 4.88. The SMILES string of the molecule is Cc1ccccc1C(CCl)CC1COc2ccccc21. The molecule has 2 unspecified atom stereocenters. The van der Waals surface area contributed by atoms with Crippen molar-refractivity contribution in [3.8, 4) is 5.75 Å². The zero-order valence-electron chi connectivity index (χ0n) is 11.7. The maximum Gasteiger partial charge on any atom is 0.122 e. The molecule has 1 aliphatic heterocycles. The summed E-state index contributed by atoms with van der Waals surface area (Å²) in [5.41, 5.74) is 4.02. The molecular weight excluding hydrogens is 268 g/mol. The quantitative estimate of drug-likeness (QED) is 0.728. The number of rotatable bonds is 4. The molecule has 0 amide bonds. The van der Waals surface area contributed by atoms with E-state index in [9.17, 15) is 0 Å². The predicted molar refractivity (Wildman–Crippen MR) is 83.9 cm³/mol. The van der Waals surface area contributed by atoms with E-state index in [-0.39, 0.29) is 0 Å². The summed E-state index contributed by atoms with van der Waals surface area (Å²) in [6.07, 6.45) is 1.05. The third-order valence-corrected chi connectivity index (χ3v) is 4.55. The van der Waals surface area contributed by atoms with Crippen LogP contribution >= 0.6 is 11.6 Å². The molecule has 0 aliphatic carbocycles. The van der Waals surface area contributed by atoms with Crippen LogP contribution in [0.2, 0.25) is 0 Å². The van der Waals surface area contributed by atoms with Crippen molar-refractivity contribution < 1.29 is 4.74 Å². The highest BCUT2D eigenvalue weighted by Gasteiger charge is 2.27. The zero-order valence-corrected chi connectivity index (χ0v) is 12.4. The molecule has 0 saturated heterocycles. The van der Waals surface area contributed by atoms with Crippen LogP contribution < -0.4 is 4.74 Å². The Balaban J connectivity index is 1.82. The number of hydrogen-bond acceptors (Lipinski definition) is 1. The number of aryl methyl sites for hydroxylation is 1. The summed E-state index contributed by atoms with van der Waals surface area (Å²) in [4.78, 5) is 0. The zero-order chi connectivity index (χ0) is 13.9. The van der Waals surface area contributed by atoms with Gasteiger partial charge in [-0.05, 0) is 36.5 Å². The fraction of sp³-hybridized carbons (Fsp3) is 0.333. The van der Waals surface area contributed by atoms with Gasteiger partial charge < -0.3 is 4.74 Å². The van der Waals surface area contributed by atoms with E-state index in [2.05, 4.69) is 49.4 Å². The lowest BCUT2D eigenvalue weighted by atomic mass is 9.85. The van der Waals surface area contributed by atoms with Crippen LogP contribution in [0.15, 0.2) is 48.5 Å². The topological polar surface area (TPSA) is 9.23 Å². The molecule has 2 heteroatoms. The summed E-state index contributed by atoms with van der Waals surface area (Å²) < 4.78 is 5.78. The fourth-order valence-corrected chi connectivity index (χ4v) is 3.38. The molecule has 2 aromatic carbocycles. The molecule has 0 spiro atoms. The van der Waals surface area contributed by atoms with Gasteiger partial charge in [-0.1, -0.05) is 42.5 Å². The van der Waals surface area contributed by atoms with Gasteiger partial charge in [-0.2, -0.15) is 0 Å². The monoisotopic (exact) mass is 286 g/mol. The number of para-hydroxylation sites is 1. The van der Waals surface area contributed by atoms with Crippen molar-refractivity contribution in [2.75, 3.05) is 12.5 Å². The highest BCUT2D eigenvalue weighted by molar-refractivity contribution is 6.18. The number of halogens is 1. The van der Waals surface area contributed by atoms with Crippen LogP contribution in [0.5, 0.6) is 5.75 Å². The first kappa shape index (κ1) is 13.5. The first-order chi connectivity index (χ1) is 9.79. The molecule has 1 heterocycles. The van der Waals surface area contributed by atoms with Crippen LogP contribution in [0.3, 0.4) is 0 Å². The van der Waals surface area contributed by atoms with Gasteiger partial charge in [0.1, 0.15) is 5.75 Å². The normalized spacial score (nSPS) is 18.4. The highest BCUT2D eigenvalue weighted by Crippen LogP contribution is 2.40. The van der Waals surface area contributed by atoms with Gasteiger partial charge in [0.15, 0.2) is 0 Å². The molecule has 2 atom stereocenters. The van der Waals surface area contributed by atoms with E-state index in [1.54, 1.807) is 0 Å². The third kappa shape index (κ3) is 2.55. The lowest BCUT2D eigenvalue weighted by molar-refractivity contribution is 0.320. The minimum Gasteiger partial charge on any atom is -0.493 e. The van der Waals surface area contributed by atoms with Gasteiger partial charge in [0, 0.05) is 17.4 Å². The lowest BCUT2D eigenvalue weighted by Gasteiger charge is -2.20. The summed E-state index contributed by atoms with van der Waals surface area (Å²) >= 11 is 6.24. The molecule has 3 rings (SSSR count). The minimum atomic E-state index is 0.387. The van der Waals surface area contributed by atoms with Crippen LogP contribution in [0.1, 0.15) is 34.9 Å². The number of benzene rings is 2. The molecule has 0 saturated carbocycles. The van der Waals surface area contributed by atoms with Gasteiger partial charge in [-0.3, -0.25) is 0 Å². The molecular formula is C18H19ClO. The number of hydrogen-bond donors (Lipinski definition) is 0. The fourth-order valence-electron chi connectivity index (χ4n) is 3.09. The first-order valence-corrected chi connectivity index (χ1v) is 7.66. The Bertz CT molecular complexity index is 593. The van der Waals surface area contributed by atoms with E-state index in [0.717, 1.165) is 18.8 Å². The van der Waals surface area contributed by atoms with Crippen molar-refractivity contribution >= 4 is 11.6 Å². The largest absolute Gasteiger partial charge is 0.493 e. The Labute approximate surface area is 125 Å². The van der Waals surface area contributed by atoms with Gasteiger partial charge in [0.25, 0.3) is 0 Å². The third-order valence-electron chi connectivity index (χ3n) is 4.18. The Morgan fingerprint density at radius 3 is 2.70 bits per heavy atom. The first-order valence-electron chi connectivity index (χ1n) is 7.13. The average molecular weight is 287 g/mol. The lowest BCUT2D eigenvalue weighted by Crippen LogP contribution is -2.10. The van der Waals surface area contributed by atoms with Gasteiger partial charge in [-0.15, -0.1) is 11.6 Å². The van der Waals surface area contributed by atoms with Crippen molar-refractivity contribution in [2.24, 2.45) is 0 Å². The molecule has 1 aliphatic rings. The van der Waals surface area contributed by atoms with Crippen molar-refractivity contribution in [1.29, 1.82) is 0 Å². The van der Waals surface area contributed by atoms with Crippen LogP contribution in [0, 0.1) is 6.92 Å². The Hall–Kier alpha value is -1.47. The van der Waals surface area contributed by atoms with Crippen molar-refractivity contribution in [3.63, 3.8) is 0 Å². The summed E-state index contributed by atoms with van der Waals surface area (Å²) in [6, 6.07) is 16.9. The Morgan fingerprint density at radius 2 is 1.90 bits per heavy atom. The second-order valence-electron chi connectivity index (χ2n) is 5.49. The molecule has 0 radical (unpaired) electrons. The average Bonchev–Trinajstić information content (AvgIpc) is 2.89. The second-order valence-corrected chi connectivity index (χ2v) is 5.80. The second kappa shape index (κ2) is 5.88. The van der Waals surface area contributed by atoms with E-state index in [1.165, 1.54) is 16.7 Å². The maximum absolute atomic E-state index is 6.24. The molecule has 0 bridgehead atoms. The van der Waals surface area contributed by atoms with Crippen LogP contribution in [0.4, 0.5) is 0 Å². The van der Waals surface area contributed by atoms with E-state index in [4.69, 9.17) is 16.3 Å². The number of alkyl halides is 1. The van der Waals surface area contributed by atoms with Crippen LogP contribution in [-0.2, 0) is 0 Å². The Morgan fingerprint density at radius 1 is 1.15 bits per heavy atom. The van der Waals surface area contributed by atoms with Crippen molar-refractivity contribution in [1.82, 2.24) is 0 Å². The van der Waals surface area contributed by atoms with E-state index in [0.29, 0.717) is 17.7 Å². The van der Waals surface area contributed by atoms with Gasteiger partial charge in [-0.25, -0.2) is 0 Å². The standard InChI is InChI=1S/C18H19ClO/c1-13-6-2-3-7-16(13)14(11-19)10-15-12-20-18-9-5-4-8-17(15)18/h2-9,14-15H,10-12H2,1H3. The van der Waals surface area contributed by atoms with Gasteiger partial charge in [0.2, 0.25) is 0 Å². The van der Waals surface area contributed by atoms with Crippen LogP contribution in [-0.4, -0.2) is 12.5 Å². The van der Waals surface area contributed by atoms with Gasteiger partial charge >= 0.3 is 0 Å². The molecule has 1 nitrogen and oxygen atoms in total. The number of ether oxygens (including phenoxy) is 1. The summed E-state index contributed by atoms with van der Waals surface area (Å²) in [7, 11) is 0. The molecule has 0 fully saturated rings. The van der Waals surface area contributed by atoms with E-state index in [1.807, 2.05) is 6.07 Å². The van der Waals surface area contributed by atoms with Gasteiger partial charge in [0.05, 0.1) is 6.61 Å². The van der Waals surface area contributed by atoms with E-state index >= 15 is 0 Å². The molecule has 2 aromatic rings. The molecule has 20 heavy (non-hydrogen) atoms. The molecule has 104 valence electrons. The van der Waals surface area contributed by atoms with E-state index < -0.39 is 0 Å². The van der Waals surface area contributed by atoms with Crippen molar-refractivity contribution in [2.45, 2.75) is 25.2 Å². The number of fused-ring (bicyclic) bond motifs is 1. The molecule has 0 N–H and O–H groups in total. The molecule has 0 aromatic heterocycles. The van der Waals surface area contributed by atoms with Crippen LogP contribution in [0.25, 0.3) is 0 Å². The summed E-state index contributed by atoms with van der Waals surface area (Å²) in [6.45, 7) is 2.94. The van der Waals surface area contributed by atoms with Crippen molar-refractivity contribution in [3.05, 3.63) is 65.2 Å². The highest BCUT2D eigenvalue weighted by atomic mass is 35.5. The Kier molecular flexibility index (Phi) is 3.98. The smallest absolute Gasteiger partial charge is 0.122 e. The minimum absolute atomic E-state index is 0.387. The summed E-state index contributed by atoms with van der Waals surface area (Å²) in [5, 5.41) is 0.